The number of alkyl carbamates (subject to hydrolysis) is 1. The van der Waals surface area contributed by atoms with Crippen LogP contribution in [-0.2, 0) is 17.8 Å². The number of H-pyrrole nitrogens is 1. The van der Waals surface area contributed by atoms with Gasteiger partial charge in [-0.2, -0.15) is 0 Å². The molecule has 0 aliphatic heterocycles. The number of rotatable bonds is 6. The summed E-state index contributed by atoms with van der Waals surface area (Å²) in [5.74, 6) is -0.216. The molecule has 0 aliphatic rings. The van der Waals surface area contributed by atoms with Gasteiger partial charge in [0.25, 0.3) is 5.56 Å². The van der Waals surface area contributed by atoms with Gasteiger partial charge in [-0.05, 0) is 49.8 Å². The molecule has 9 heteroatoms. The van der Waals surface area contributed by atoms with E-state index >= 15 is 0 Å². The summed E-state index contributed by atoms with van der Waals surface area (Å²) in [7, 11) is 0. The van der Waals surface area contributed by atoms with Gasteiger partial charge in [-0.3, -0.25) is 14.3 Å². The number of carbonyl (C=O) groups excluding carboxylic acids is 1. The second-order valence-electron chi connectivity index (χ2n) is 10.1. The van der Waals surface area contributed by atoms with Crippen LogP contribution in [0.25, 0.3) is 33.3 Å². The van der Waals surface area contributed by atoms with Crippen molar-refractivity contribution in [1.82, 2.24) is 20.0 Å². The van der Waals surface area contributed by atoms with Crippen molar-refractivity contribution < 1.29 is 14.1 Å². The number of pyridine rings is 1. The molecule has 0 bridgehead atoms. The first kappa shape index (κ1) is 25.0. The first-order valence-electron chi connectivity index (χ1n) is 11.8. The molecular formula is C27H30N4O5. The lowest BCUT2D eigenvalue weighted by atomic mass is 9.94. The van der Waals surface area contributed by atoms with Crippen LogP contribution in [0.4, 0.5) is 4.79 Å². The quantitative estimate of drug-likeness (QED) is 0.405. The van der Waals surface area contributed by atoms with Gasteiger partial charge in [-0.25, -0.2) is 9.59 Å². The Morgan fingerprint density at radius 1 is 1.08 bits per heavy atom. The number of benzene rings is 2. The zero-order chi connectivity index (χ0) is 26.0. The van der Waals surface area contributed by atoms with Gasteiger partial charge < -0.3 is 14.6 Å². The van der Waals surface area contributed by atoms with E-state index in [9.17, 15) is 14.4 Å². The molecule has 4 aromatic rings. The van der Waals surface area contributed by atoms with Crippen molar-refractivity contribution in [3.8, 4) is 22.5 Å². The first-order chi connectivity index (χ1) is 17.0. The van der Waals surface area contributed by atoms with Crippen LogP contribution in [0, 0.1) is 5.92 Å². The number of hydrogen-bond acceptors (Lipinski definition) is 6. The van der Waals surface area contributed by atoms with Crippen LogP contribution in [0.3, 0.4) is 0 Å². The van der Waals surface area contributed by atoms with Crippen molar-refractivity contribution in [2.75, 3.05) is 0 Å². The number of carbonyl (C=O) groups is 1. The predicted molar refractivity (Wildman–Crippen MR) is 138 cm³/mol. The topological polar surface area (TPSA) is 119 Å². The highest BCUT2D eigenvalue weighted by Crippen LogP contribution is 2.33. The molecule has 4 rings (SSSR count). The molecule has 188 valence electrons. The fourth-order valence-electron chi connectivity index (χ4n) is 4.14. The summed E-state index contributed by atoms with van der Waals surface area (Å²) in [6, 6.07) is 14.9. The smallest absolute Gasteiger partial charge is 0.439 e. The predicted octanol–water partition coefficient (Wildman–Crippen LogP) is 4.69. The third-order valence-electron chi connectivity index (χ3n) is 5.50. The zero-order valence-corrected chi connectivity index (χ0v) is 21.0. The van der Waals surface area contributed by atoms with E-state index in [2.05, 4.69) is 20.0 Å². The largest absolute Gasteiger partial charge is 0.444 e. The molecule has 9 nitrogen and oxygen atoms in total. The Morgan fingerprint density at radius 2 is 1.81 bits per heavy atom. The van der Waals surface area contributed by atoms with Crippen LogP contribution in [-0.4, -0.2) is 26.4 Å². The highest BCUT2D eigenvalue weighted by atomic mass is 16.6. The molecule has 0 spiro atoms. The van der Waals surface area contributed by atoms with Crippen LogP contribution >= 0.6 is 0 Å². The number of hydrogen-bond donors (Lipinski definition) is 2. The average Bonchev–Trinajstić information content (AvgIpc) is 3.25. The summed E-state index contributed by atoms with van der Waals surface area (Å²) in [4.78, 5) is 40.3. The van der Waals surface area contributed by atoms with Crippen LogP contribution in [0.2, 0.25) is 0 Å². The van der Waals surface area contributed by atoms with E-state index < -0.39 is 17.5 Å². The Morgan fingerprint density at radius 3 is 2.42 bits per heavy atom. The number of fused-ring (bicyclic) bond motifs is 1. The van der Waals surface area contributed by atoms with Gasteiger partial charge in [0.05, 0.1) is 6.54 Å². The van der Waals surface area contributed by atoms with Gasteiger partial charge >= 0.3 is 11.8 Å². The number of nitrogens with one attached hydrogen (secondary N) is 2. The minimum absolute atomic E-state index is 0.0854. The number of nitrogens with zero attached hydrogens (tertiary/aromatic N) is 2. The van der Waals surface area contributed by atoms with Crippen molar-refractivity contribution in [3.05, 3.63) is 75.1 Å². The van der Waals surface area contributed by atoms with Crippen molar-refractivity contribution in [1.29, 1.82) is 0 Å². The summed E-state index contributed by atoms with van der Waals surface area (Å²) in [5, 5.41) is 7.81. The Kier molecular flexibility index (Phi) is 6.83. The van der Waals surface area contributed by atoms with E-state index in [4.69, 9.17) is 4.74 Å². The standard InChI is InChI=1S/C27H30N4O5/c1-16(2)15-31-21(14-28-25(33)35-27(3,4)5)22(17-9-7-6-8-10-17)20-13-18(11-12-19(20)24(31)32)23-29-26(34)36-30-23/h6-13,16H,14-15H2,1-5H3,(H,28,33)(H,29,30,34). The van der Waals surface area contributed by atoms with E-state index in [1.54, 1.807) is 37.5 Å². The molecule has 0 fully saturated rings. The Labute approximate surface area is 208 Å². The highest BCUT2D eigenvalue weighted by molar-refractivity contribution is 5.99. The summed E-state index contributed by atoms with van der Waals surface area (Å²) >= 11 is 0. The number of amides is 1. The van der Waals surface area contributed by atoms with Crippen LogP contribution in [0.15, 0.2) is 62.6 Å². The molecular weight excluding hydrogens is 460 g/mol. The second-order valence-corrected chi connectivity index (χ2v) is 10.1. The Bertz CT molecular complexity index is 1510. The Hall–Kier alpha value is -4.14. The third kappa shape index (κ3) is 5.40. The summed E-state index contributed by atoms with van der Waals surface area (Å²) in [6.45, 7) is 10.0. The molecule has 2 aromatic heterocycles. The lowest BCUT2D eigenvalue weighted by Gasteiger charge is -2.23. The molecule has 2 heterocycles. The van der Waals surface area contributed by atoms with E-state index in [0.29, 0.717) is 28.6 Å². The molecule has 0 aliphatic carbocycles. The van der Waals surface area contributed by atoms with E-state index in [0.717, 1.165) is 11.1 Å². The van der Waals surface area contributed by atoms with Crippen molar-refractivity contribution >= 4 is 16.9 Å². The molecule has 0 unspecified atom stereocenters. The SMILES string of the molecule is CC(C)Cn1c(CNC(=O)OC(C)(C)C)c(-c2ccccc2)c2cc(-c3noc(=O)[nH]3)ccc2c1=O. The van der Waals surface area contributed by atoms with Gasteiger partial charge in [0.1, 0.15) is 5.60 Å². The van der Waals surface area contributed by atoms with Gasteiger partial charge in [0.15, 0.2) is 5.82 Å². The average molecular weight is 491 g/mol. The number of aromatic amines is 1. The molecule has 2 aromatic carbocycles. The van der Waals surface area contributed by atoms with Gasteiger partial charge in [-0.15, -0.1) is 0 Å². The second kappa shape index (κ2) is 9.85. The minimum Gasteiger partial charge on any atom is -0.444 e. The molecule has 36 heavy (non-hydrogen) atoms. The van der Waals surface area contributed by atoms with Crippen molar-refractivity contribution in [2.24, 2.45) is 5.92 Å². The van der Waals surface area contributed by atoms with Crippen molar-refractivity contribution in [2.45, 2.75) is 53.3 Å². The van der Waals surface area contributed by atoms with E-state index in [1.165, 1.54) is 0 Å². The minimum atomic E-state index is -0.664. The molecule has 0 atom stereocenters. The fraction of sp³-hybridized carbons (Fsp3) is 0.333. The molecule has 1 amide bonds. The van der Waals surface area contributed by atoms with Crippen LogP contribution in [0.5, 0.6) is 0 Å². The zero-order valence-electron chi connectivity index (χ0n) is 21.0. The van der Waals surface area contributed by atoms with E-state index in [-0.39, 0.29) is 23.8 Å². The maximum absolute atomic E-state index is 13.7. The maximum atomic E-state index is 13.7. The molecule has 0 radical (unpaired) electrons. The fourth-order valence-corrected chi connectivity index (χ4v) is 4.14. The number of aromatic nitrogens is 3. The van der Waals surface area contributed by atoms with Crippen LogP contribution in [0.1, 0.15) is 40.3 Å². The molecule has 0 saturated carbocycles. The third-order valence-corrected chi connectivity index (χ3v) is 5.50. The van der Waals surface area contributed by atoms with Gasteiger partial charge in [-0.1, -0.05) is 55.4 Å². The molecule has 0 saturated heterocycles. The summed E-state index contributed by atoms with van der Waals surface area (Å²) < 4.78 is 11.8. The Balaban J connectivity index is 1.98. The summed E-state index contributed by atoms with van der Waals surface area (Å²) in [6.07, 6.45) is -0.570. The van der Waals surface area contributed by atoms with Crippen molar-refractivity contribution in [3.63, 3.8) is 0 Å². The van der Waals surface area contributed by atoms with Crippen LogP contribution < -0.4 is 16.6 Å². The molecule has 2 N–H and O–H groups in total. The lowest BCUT2D eigenvalue weighted by Crippen LogP contribution is -2.35. The summed E-state index contributed by atoms with van der Waals surface area (Å²) in [5.41, 5.74) is 2.11. The first-order valence-corrected chi connectivity index (χ1v) is 11.8. The van der Waals surface area contributed by atoms with E-state index in [1.807, 2.05) is 50.2 Å². The monoisotopic (exact) mass is 490 g/mol. The number of ether oxygens (including phenoxy) is 1. The van der Waals surface area contributed by atoms with Gasteiger partial charge in [0.2, 0.25) is 0 Å². The highest BCUT2D eigenvalue weighted by Gasteiger charge is 2.22. The lowest BCUT2D eigenvalue weighted by molar-refractivity contribution is 0.0522. The van der Waals surface area contributed by atoms with Gasteiger partial charge in [0, 0.05) is 28.8 Å². The maximum Gasteiger partial charge on any atom is 0.439 e. The normalized spacial score (nSPS) is 11.7.